The lowest BCUT2D eigenvalue weighted by atomic mass is 10.6. The predicted molar refractivity (Wildman–Crippen MR) is 69.1 cm³/mol. The summed E-state index contributed by atoms with van der Waals surface area (Å²) in [7, 11) is -3.20. The molecular weight excluding hydrogens is 271 g/mol. The number of esters is 1. The molecule has 0 unspecified atom stereocenters. The first-order valence-electron chi connectivity index (χ1n) is 6.13. The number of carbonyl (C=O) groups is 1. The van der Waals surface area contributed by atoms with Crippen LogP contribution in [0.1, 0.15) is 37.1 Å². The minimum Gasteiger partial charge on any atom is -0.460 e. The van der Waals surface area contributed by atoms with Gasteiger partial charge in [-0.25, -0.2) is 9.78 Å². The maximum Gasteiger partial charge on any atom is 0.374 e. The van der Waals surface area contributed by atoms with Gasteiger partial charge in [-0.05, 0) is 20.8 Å². The van der Waals surface area contributed by atoms with Gasteiger partial charge in [-0.3, -0.25) is 4.57 Å². The van der Waals surface area contributed by atoms with Crippen LogP contribution in [-0.4, -0.2) is 35.8 Å². The monoisotopic (exact) mass is 290 g/mol. The van der Waals surface area contributed by atoms with Crippen LogP contribution in [0.4, 0.5) is 0 Å². The summed E-state index contributed by atoms with van der Waals surface area (Å²) >= 11 is 0. The molecule has 1 heterocycles. The fourth-order valence-electron chi connectivity index (χ4n) is 1.47. The molecule has 0 aliphatic carbocycles. The lowest BCUT2D eigenvalue weighted by Gasteiger charge is -2.15. The van der Waals surface area contributed by atoms with E-state index in [1.54, 1.807) is 20.8 Å². The van der Waals surface area contributed by atoms with Gasteiger partial charge in [0.25, 0.3) is 0 Å². The molecule has 8 heteroatoms. The van der Waals surface area contributed by atoms with Gasteiger partial charge >= 0.3 is 13.6 Å². The highest BCUT2D eigenvalue weighted by atomic mass is 31.2. The molecule has 0 aromatic carbocycles. The third-order valence-electron chi connectivity index (χ3n) is 2.11. The molecule has 19 heavy (non-hydrogen) atoms. The Morgan fingerprint density at radius 1 is 1.26 bits per heavy atom. The largest absolute Gasteiger partial charge is 0.460 e. The zero-order valence-electron chi connectivity index (χ0n) is 11.3. The third kappa shape index (κ3) is 4.78. The first-order valence-corrected chi connectivity index (χ1v) is 7.86. The third-order valence-corrected chi connectivity index (χ3v) is 4.14. The number of rotatable bonds is 8. The van der Waals surface area contributed by atoms with Gasteiger partial charge < -0.3 is 18.8 Å². The zero-order chi connectivity index (χ0) is 14.3. The van der Waals surface area contributed by atoms with Crippen LogP contribution in [0.15, 0.2) is 6.20 Å². The number of H-pyrrole nitrogens is 1. The van der Waals surface area contributed by atoms with Gasteiger partial charge in [0.05, 0.1) is 26.0 Å². The molecule has 108 valence electrons. The molecule has 0 atom stereocenters. The van der Waals surface area contributed by atoms with E-state index in [1.165, 1.54) is 6.20 Å². The number of aromatic nitrogens is 2. The Labute approximate surface area is 112 Å². The van der Waals surface area contributed by atoms with Crippen LogP contribution in [0.2, 0.25) is 0 Å². The van der Waals surface area contributed by atoms with E-state index >= 15 is 0 Å². The number of imidazole rings is 1. The van der Waals surface area contributed by atoms with Crippen molar-refractivity contribution >= 4 is 13.6 Å². The molecule has 0 saturated carbocycles. The lowest BCUT2D eigenvalue weighted by molar-refractivity contribution is 0.0513. The fourth-order valence-corrected chi connectivity index (χ4v) is 3.10. The van der Waals surface area contributed by atoms with Crippen LogP contribution in [0.25, 0.3) is 0 Å². The number of nitrogens with one attached hydrogen (secondary N) is 1. The van der Waals surface area contributed by atoms with Crippen molar-refractivity contribution < 1.29 is 23.1 Å². The molecule has 0 radical (unpaired) electrons. The van der Waals surface area contributed by atoms with Gasteiger partial charge in [-0.15, -0.1) is 0 Å². The molecule has 0 fully saturated rings. The van der Waals surface area contributed by atoms with E-state index in [0.29, 0.717) is 5.69 Å². The average molecular weight is 290 g/mol. The van der Waals surface area contributed by atoms with Crippen molar-refractivity contribution in [1.82, 2.24) is 9.97 Å². The Bertz CT molecular complexity index is 450. The van der Waals surface area contributed by atoms with Gasteiger partial charge in [0, 0.05) is 11.9 Å². The van der Waals surface area contributed by atoms with Crippen molar-refractivity contribution in [2.45, 2.75) is 26.9 Å². The average Bonchev–Trinajstić information content (AvgIpc) is 2.78. The molecule has 1 rings (SSSR count). The lowest BCUT2D eigenvalue weighted by Crippen LogP contribution is -2.07. The summed E-state index contributed by atoms with van der Waals surface area (Å²) in [5.74, 6) is -0.465. The second kappa shape index (κ2) is 7.43. The molecule has 7 nitrogen and oxygen atoms in total. The highest BCUT2D eigenvalue weighted by Crippen LogP contribution is 2.50. The first kappa shape index (κ1) is 15.9. The minimum atomic E-state index is -3.20. The predicted octanol–water partition coefficient (Wildman–Crippen LogP) is 2.35. The van der Waals surface area contributed by atoms with Crippen molar-refractivity contribution in [2.75, 3.05) is 19.8 Å². The Hall–Kier alpha value is -1.17. The van der Waals surface area contributed by atoms with Crippen LogP contribution in [0, 0.1) is 0 Å². The summed E-state index contributed by atoms with van der Waals surface area (Å²) < 4.78 is 27.4. The summed E-state index contributed by atoms with van der Waals surface area (Å²) in [6.07, 6.45) is 1.47. The van der Waals surface area contributed by atoms with E-state index in [-0.39, 0.29) is 31.8 Å². The number of hydrogen-bond donors (Lipinski definition) is 1. The number of aromatic amines is 1. The molecule has 1 aromatic rings. The summed E-state index contributed by atoms with van der Waals surface area (Å²) in [6.45, 7) is 6.03. The molecule has 1 N–H and O–H groups in total. The maximum absolute atomic E-state index is 12.3. The van der Waals surface area contributed by atoms with Crippen LogP contribution in [-0.2, 0) is 24.5 Å². The Balaban J connectivity index is 2.75. The summed E-state index contributed by atoms with van der Waals surface area (Å²) in [5.41, 5.74) is 0.508. The number of ether oxygens (including phenoxy) is 1. The molecule has 0 bridgehead atoms. The van der Waals surface area contributed by atoms with E-state index in [1.807, 2.05) is 0 Å². The highest BCUT2D eigenvalue weighted by molar-refractivity contribution is 7.53. The van der Waals surface area contributed by atoms with Gasteiger partial charge in [-0.1, -0.05) is 0 Å². The SMILES string of the molecule is CCOC(=O)c1ncc(CP(=O)(OCC)OCC)[nH]1. The fraction of sp³-hybridized carbons (Fsp3) is 0.636. The number of hydrogen-bond acceptors (Lipinski definition) is 6. The standard InChI is InChI=1S/C11H19N2O5P/c1-4-16-11(14)10-12-7-9(13-10)8-19(15,17-5-2)18-6-3/h7H,4-6,8H2,1-3H3,(H,12,13). The van der Waals surface area contributed by atoms with E-state index < -0.39 is 13.6 Å². The van der Waals surface area contributed by atoms with Gasteiger partial charge in [0.15, 0.2) is 0 Å². The van der Waals surface area contributed by atoms with Crippen molar-refractivity contribution in [3.05, 3.63) is 17.7 Å². The molecule has 0 aliphatic heterocycles. The molecule has 0 spiro atoms. The minimum absolute atomic E-state index is 0.0427. The molecule has 0 aliphatic rings. The molecule has 0 amide bonds. The smallest absolute Gasteiger partial charge is 0.374 e. The summed E-state index contributed by atoms with van der Waals surface area (Å²) in [5, 5.41) is 0. The van der Waals surface area contributed by atoms with E-state index in [4.69, 9.17) is 13.8 Å². The van der Waals surface area contributed by atoms with Gasteiger partial charge in [0.1, 0.15) is 0 Å². The first-order chi connectivity index (χ1) is 9.04. The molecule has 0 saturated heterocycles. The van der Waals surface area contributed by atoms with Crippen molar-refractivity contribution in [3.8, 4) is 0 Å². The van der Waals surface area contributed by atoms with E-state index in [9.17, 15) is 9.36 Å². The Morgan fingerprint density at radius 2 is 1.89 bits per heavy atom. The molecule has 1 aromatic heterocycles. The van der Waals surface area contributed by atoms with Crippen LogP contribution < -0.4 is 0 Å². The zero-order valence-corrected chi connectivity index (χ0v) is 12.2. The Kier molecular flexibility index (Phi) is 6.21. The van der Waals surface area contributed by atoms with Crippen LogP contribution in [0.3, 0.4) is 0 Å². The number of carbonyl (C=O) groups excluding carboxylic acids is 1. The second-order valence-corrected chi connectivity index (χ2v) is 5.64. The normalized spacial score (nSPS) is 11.5. The van der Waals surface area contributed by atoms with Gasteiger partial charge in [0.2, 0.25) is 5.82 Å². The van der Waals surface area contributed by atoms with E-state index in [0.717, 1.165) is 0 Å². The van der Waals surface area contributed by atoms with Crippen molar-refractivity contribution in [1.29, 1.82) is 0 Å². The Morgan fingerprint density at radius 3 is 2.42 bits per heavy atom. The quantitative estimate of drug-likeness (QED) is 0.583. The topological polar surface area (TPSA) is 90.5 Å². The second-order valence-electron chi connectivity index (χ2n) is 3.58. The van der Waals surface area contributed by atoms with Gasteiger partial charge in [-0.2, -0.15) is 0 Å². The summed E-state index contributed by atoms with van der Waals surface area (Å²) in [4.78, 5) is 18.1. The highest BCUT2D eigenvalue weighted by Gasteiger charge is 2.25. The van der Waals surface area contributed by atoms with Crippen molar-refractivity contribution in [2.24, 2.45) is 0 Å². The van der Waals surface area contributed by atoms with Crippen LogP contribution >= 0.6 is 7.60 Å². The maximum atomic E-state index is 12.3. The molecular formula is C11H19N2O5P. The van der Waals surface area contributed by atoms with E-state index in [2.05, 4.69) is 9.97 Å². The number of nitrogens with zero attached hydrogens (tertiary/aromatic N) is 1. The summed E-state index contributed by atoms with van der Waals surface area (Å²) in [6, 6.07) is 0. The van der Waals surface area contributed by atoms with Crippen LogP contribution in [0.5, 0.6) is 0 Å². The van der Waals surface area contributed by atoms with Crippen molar-refractivity contribution in [3.63, 3.8) is 0 Å².